The second-order valence-electron chi connectivity index (χ2n) is 5.83. The fraction of sp³-hybridized carbons (Fsp3) is 0.222. The molecule has 0 bridgehead atoms. The van der Waals surface area contributed by atoms with Crippen molar-refractivity contribution in [1.82, 2.24) is 9.97 Å². The Morgan fingerprint density at radius 2 is 1.96 bits per heavy atom. The van der Waals surface area contributed by atoms with Crippen LogP contribution in [0.3, 0.4) is 0 Å². The fourth-order valence-corrected chi connectivity index (χ4v) is 2.96. The molecule has 1 aliphatic rings. The molecule has 0 radical (unpaired) electrons. The molecule has 1 fully saturated rings. The van der Waals surface area contributed by atoms with Gasteiger partial charge < -0.3 is 25.3 Å². The van der Waals surface area contributed by atoms with Crippen LogP contribution in [0.15, 0.2) is 48.8 Å². The van der Waals surface area contributed by atoms with E-state index in [1.807, 2.05) is 42.5 Å². The van der Waals surface area contributed by atoms with E-state index in [9.17, 15) is 4.79 Å². The molecule has 2 heterocycles. The zero-order valence-corrected chi connectivity index (χ0v) is 13.7. The highest BCUT2D eigenvalue weighted by Crippen LogP contribution is 2.26. The molecule has 4 rings (SSSR count). The number of ether oxygens (including phenoxy) is 1. The lowest BCUT2D eigenvalue weighted by Gasteiger charge is -2.30. The molecule has 0 saturated carbocycles. The van der Waals surface area contributed by atoms with Crippen LogP contribution in [0.5, 0.6) is 0 Å². The van der Waals surface area contributed by atoms with Crippen LogP contribution in [-0.2, 0) is 4.74 Å². The Morgan fingerprint density at radius 1 is 1.12 bits per heavy atom. The lowest BCUT2D eigenvalue weighted by atomic mass is 10.2. The number of para-hydroxylation sites is 2. The van der Waals surface area contributed by atoms with Crippen LogP contribution in [0.1, 0.15) is 0 Å². The summed E-state index contributed by atoms with van der Waals surface area (Å²) in [4.78, 5) is 21.8. The van der Waals surface area contributed by atoms with E-state index in [0.29, 0.717) is 18.9 Å². The number of aromatic amines is 1. The van der Waals surface area contributed by atoms with E-state index in [0.717, 1.165) is 35.5 Å². The first-order chi connectivity index (χ1) is 12.3. The third kappa shape index (κ3) is 3.41. The number of morpholine rings is 1. The zero-order valence-electron chi connectivity index (χ0n) is 13.7. The van der Waals surface area contributed by atoms with E-state index in [4.69, 9.17) is 4.74 Å². The molecule has 2 amide bonds. The summed E-state index contributed by atoms with van der Waals surface area (Å²) in [6.45, 7) is 3.03. The minimum Gasteiger partial charge on any atom is -0.378 e. The molecule has 0 unspecified atom stereocenters. The number of imidazole rings is 1. The Morgan fingerprint density at radius 3 is 2.84 bits per heavy atom. The van der Waals surface area contributed by atoms with Gasteiger partial charge in [-0.1, -0.05) is 12.1 Å². The number of benzene rings is 2. The van der Waals surface area contributed by atoms with E-state index < -0.39 is 0 Å². The lowest BCUT2D eigenvalue weighted by Crippen LogP contribution is -2.36. The van der Waals surface area contributed by atoms with Crippen molar-refractivity contribution in [2.75, 3.05) is 41.8 Å². The molecule has 1 aliphatic heterocycles. The highest BCUT2D eigenvalue weighted by Gasteiger charge is 2.15. The third-order valence-corrected chi connectivity index (χ3v) is 4.18. The van der Waals surface area contributed by atoms with Crippen molar-refractivity contribution < 1.29 is 9.53 Å². The summed E-state index contributed by atoms with van der Waals surface area (Å²) in [7, 11) is 0. The maximum atomic E-state index is 12.4. The zero-order chi connectivity index (χ0) is 17.1. The number of urea groups is 1. The summed E-state index contributed by atoms with van der Waals surface area (Å²) < 4.78 is 5.40. The molecule has 25 heavy (non-hydrogen) atoms. The van der Waals surface area contributed by atoms with Crippen molar-refractivity contribution in [3.63, 3.8) is 0 Å². The van der Waals surface area contributed by atoms with Crippen molar-refractivity contribution in [1.29, 1.82) is 0 Å². The number of hydrogen-bond donors (Lipinski definition) is 3. The van der Waals surface area contributed by atoms with Gasteiger partial charge in [0.2, 0.25) is 0 Å². The van der Waals surface area contributed by atoms with Crippen LogP contribution in [0.4, 0.5) is 21.9 Å². The Hall–Kier alpha value is -3.06. The summed E-state index contributed by atoms with van der Waals surface area (Å²) in [5, 5.41) is 5.80. The summed E-state index contributed by atoms with van der Waals surface area (Å²) in [5.74, 6) is 0. The Labute approximate surface area is 145 Å². The van der Waals surface area contributed by atoms with Gasteiger partial charge in [-0.3, -0.25) is 0 Å². The number of nitrogens with zero attached hydrogens (tertiary/aromatic N) is 2. The molecule has 1 aromatic heterocycles. The predicted molar refractivity (Wildman–Crippen MR) is 98.2 cm³/mol. The number of H-pyrrole nitrogens is 1. The lowest BCUT2D eigenvalue weighted by molar-refractivity contribution is 0.123. The average molecular weight is 337 g/mol. The van der Waals surface area contributed by atoms with Crippen LogP contribution < -0.4 is 15.5 Å². The highest BCUT2D eigenvalue weighted by atomic mass is 16.5. The maximum Gasteiger partial charge on any atom is 0.323 e. The number of carbonyl (C=O) groups is 1. The van der Waals surface area contributed by atoms with Gasteiger partial charge in [0.25, 0.3) is 0 Å². The maximum absolute atomic E-state index is 12.4. The second-order valence-corrected chi connectivity index (χ2v) is 5.83. The Bertz CT molecular complexity index is 886. The summed E-state index contributed by atoms with van der Waals surface area (Å²) in [6, 6.07) is 13.1. The number of carbonyl (C=O) groups excluding carboxylic acids is 1. The number of anilines is 3. The van der Waals surface area contributed by atoms with E-state index in [1.54, 1.807) is 6.33 Å². The molecule has 0 aliphatic carbocycles. The van der Waals surface area contributed by atoms with Crippen molar-refractivity contribution >= 4 is 34.1 Å². The van der Waals surface area contributed by atoms with Crippen LogP contribution in [-0.4, -0.2) is 42.3 Å². The van der Waals surface area contributed by atoms with Gasteiger partial charge in [0.05, 0.1) is 41.9 Å². The number of rotatable bonds is 3. The number of aromatic nitrogens is 2. The van der Waals surface area contributed by atoms with E-state index >= 15 is 0 Å². The molecule has 3 aromatic rings. The number of amides is 2. The van der Waals surface area contributed by atoms with Gasteiger partial charge in [-0.15, -0.1) is 0 Å². The SMILES string of the molecule is O=C(Nc1ccc2nc[nH]c2c1)Nc1ccccc1N1CCOCC1. The predicted octanol–water partition coefficient (Wildman–Crippen LogP) is 3.04. The van der Waals surface area contributed by atoms with Crippen LogP contribution in [0.25, 0.3) is 11.0 Å². The summed E-state index contributed by atoms with van der Waals surface area (Å²) in [6.07, 6.45) is 1.63. The molecular weight excluding hydrogens is 318 g/mol. The van der Waals surface area contributed by atoms with Crippen LogP contribution in [0.2, 0.25) is 0 Å². The average Bonchev–Trinajstić information content (AvgIpc) is 3.10. The van der Waals surface area contributed by atoms with Gasteiger partial charge in [-0.2, -0.15) is 0 Å². The van der Waals surface area contributed by atoms with Gasteiger partial charge in [-0.05, 0) is 30.3 Å². The number of nitrogens with one attached hydrogen (secondary N) is 3. The first-order valence-electron chi connectivity index (χ1n) is 8.22. The molecule has 128 valence electrons. The van der Waals surface area contributed by atoms with Gasteiger partial charge in [-0.25, -0.2) is 9.78 Å². The van der Waals surface area contributed by atoms with E-state index in [2.05, 4.69) is 25.5 Å². The largest absolute Gasteiger partial charge is 0.378 e. The molecule has 3 N–H and O–H groups in total. The monoisotopic (exact) mass is 337 g/mol. The summed E-state index contributed by atoms with van der Waals surface area (Å²) >= 11 is 0. The first kappa shape index (κ1) is 15.5. The van der Waals surface area contributed by atoms with Crippen molar-refractivity contribution in [3.05, 3.63) is 48.8 Å². The van der Waals surface area contributed by atoms with Gasteiger partial charge in [0, 0.05) is 18.8 Å². The molecule has 1 saturated heterocycles. The van der Waals surface area contributed by atoms with Crippen molar-refractivity contribution in [2.24, 2.45) is 0 Å². The Balaban J connectivity index is 1.48. The molecule has 7 heteroatoms. The molecule has 0 spiro atoms. The topological polar surface area (TPSA) is 82.3 Å². The highest BCUT2D eigenvalue weighted by molar-refractivity contribution is 6.02. The minimum atomic E-state index is -0.278. The second kappa shape index (κ2) is 6.82. The van der Waals surface area contributed by atoms with Crippen LogP contribution in [0, 0.1) is 0 Å². The molecular formula is C18H19N5O2. The molecule has 7 nitrogen and oxygen atoms in total. The van der Waals surface area contributed by atoms with E-state index in [1.165, 1.54) is 0 Å². The normalized spacial score (nSPS) is 14.5. The van der Waals surface area contributed by atoms with Gasteiger partial charge >= 0.3 is 6.03 Å². The third-order valence-electron chi connectivity index (χ3n) is 4.18. The van der Waals surface area contributed by atoms with Crippen molar-refractivity contribution in [2.45, 2.75) is 0 Å². The summed E-state index contributed by atoms with van der Waals surface area (Å²) in [5.41, 5.74) is 4.24. The first-order valence-corrected chi connectivity index (χ1v) is 8.22. The number of hydrogen-bond acceptors (Lipinski definition) is 4. The molecule has 2 aromatic carbocycles. The quantitative estimate of drug-likeness (QED) is 0.686. The fourth-order valence-electron chi connectivity index (χ4n) is 2.96. The smallest absolute Gasteiger partial charge is 0.323 e. The Kier molecular flexibility index (Phi) is 4.22. The van der Waals surface area contributed by atoms with Crippen LogP contribution >= 0.6 is 0 Å². The minimum absolute atomic E-state index is 0.278. The van der Waals surface area contributed by atoms with Gasteiger partial charge in [0.1, 0.15) is 0 Å². The van der Waals surface area contributed by atoms with Gasteiger partial charge in [0.15, 0.2) is 0 Å². The standard InChI is InChI=1S/C18H19N5O2/c24-18(21-13-5-6-14-16(11-13)20-12-19-14)22-15-3-1-2-4-17(15)23-7-9-25-10-8-23/h1-6,11-12H,7-10H2,(H,19,20)(H2,21,22,24). The molecule has 0 atom stereocenters. The van der Waals surface area contributed by atoms with Crippen molar-refractivity contribution in [3.8, 4) is 0 Å². The number of fused-ring (bicyclic) bond motifs is 1. The van der Waals surface area contributed by atoms with E-state index in [-0.39, 0.29) is 6.03 Å².